The predicted molar refractivity (Wildman–Crippen MR) is 97.3 cm³/mol. The number of carbonyl (C=O) groups is 1. The first kappa shape index (κ1) is 17.3. The molecular formula is C19H25N5O. The van der Waals surface area contributed by atoms with Gasteiger partial charge in [0.15, 0.2) is 0 Å². The van der Waals surface area contributed by atoms with Crippen LogP contribution in [0.5, 0.6) is 0 Å². The number of pyridine rings is 1. The maximum absolute atomic E-state index is 12.9. The molecule has 0 bridgehead atoms. The van der Waals surface area contributed by atoms with E-state index in [1.54, 1.807) is 18.5 Å². The van der Waals surface area contributed by atoms with E-state index < -0.39 is 0 Å². The van der Waals surface area contributed by atoms with Crippen molar-refractivity contribution in [3.8, 4) is 0 Å². The molecule has 1 saturated heterocycles. The van der Waals surface area contributed by atoms with Gasteiger partial charge in [0.2, 0.25) is 5.95 Å². The lowest BCUT2D eigenvalue weighted by atomic mass is 9.99. The van der Waals surface area contributed by atoms with Crippen molar-refractivity contribution in [3.05, 3.63) is 47.5 Å². The number of rotatable bonds is 5. The lowest BCUT2D eigenvalue weighted by molar-refractivity contribution is 0.0602. The number of aryl methyl sites for hydroxylation is 1. The molecule has 0 saturated carbocycles. The predicted octanol–water partition coefficient (Wildman–Crippen LogP) is 3.20. The molecule has 2 aromatic rings. The number of amides is 1. The van der Waals surface area contributed by atoms with Gasteiger partial charge < -0.3 is 10.2 Å². The molecule has 1 unspecified atom stereocenters. The second-order valence-electron chi connectivity index (χ2n) is 6.48. The van der Waals surface area contributed by atoms with Crippen molar-refractivity contribution < 1.29 is 4.79 Å². The Morgan fingerprint density at radius 1 is 1.28 bits per heavy atom. The van der Waals surface area contributed by atoms with Crippen molar-refractivity contribution >= 4 is 11.9 Å². The smallest absolute Gasteiger partial charge is 0.272 e. The third kappa shape index (κ3) is 4.32. The van der Waals surface area contributed by atoms with Crippen LogP contribution in [-0.2, 0) is 6.54 Å². The van der Waals surface area contributed by atoms with Crippen molar-refractivity contribution in [2.24, 2.45) is 0 Å². The number of nitrogens with zero attached hydrogens (tertiary/aromatic N) is 4. The summed E-state index contributed by atoms with van der Waals surface area (Å²) in [7, 11) is 0. The number of nitrogens with one attached hydrogen (secondary N) is 1. The van der Waals surface area contributed by atoms with E-state index in [0.717, 1.165) is 37.1 Å². The molecular weight excluding hydrogens is 314 g/mol. The number of carbonyl (C=O) groups excluding carboxylic acids is 1. The first-order chi connectivity index (χ1) is 12.2. The van der Waals surface area contributed by atoms with Gasteiger partial charge in [-0.3, -0.25) is 9.78 Å². The van der Waals surface area contributed by atoms with E-state index in [1.165, 1.54) is 6.42 Å². The molecule has 1 amide bonds. The van der Waals surface area contributed by atoms with Crippen molar-refractivity contribution in [2.75, 3.05) is 11.9 Å². The van der Waals surface area contributed by atoms with Crippen LogP contribution >= 0.6 is 0 Å². The van der Waals surface area contributed by atoms with Crippen molar-refractivity contribution in [1.29, 1.82) is 0 Å². The molecule has 1 aliphatic heterocycles. The Kier molecular flexibility index (Phi) is 5.58. The SMILES string of the molecule is CCC1CCCCN1C(=O)c1cc(C)nc(NCc2ccncc2)n1. The third-order valence-electron chi connectivity index (χ3n) is 4.63. The molecule has 3 heterocycles. The maximum Gasteiger partial charge on any atom is 0.272 e. The van der Waals surface area contributed by atoms with Crippen molar-refractivity contribution in [1.82, 2.24) is 19.9 Å². The minimum Gasteiger partial charge on any atom is -0.350 e. The van der Waals surface area contributed by atoms with E-state index in [2.05, 4.69) is 27.2 Å². The summed E-state index contributed by atoms with van der Waals surface area (Å²) in [6.07, 6.45) is 7.85. The Bertz CT molecular complexity index is 719. The number of likely N-dealkylation sites (tertiary alicyclic amines) is 1. The fourth-order valence-electron chi connectivity index (χ4n) is 3.28. The summed E-state index contributed by atoms with van der Waals surface area (Å²) >= 11 is 0. The third-order valence-corrected chi connectivity index (χ3v) is 4.63. The van der Waals surface area contributed by atoms with Gasteiger partial charge in [0.05, 0.1) is 0 Å². The van der Waals surface area contributed by atoms with Crippen LogP contribution in [0.4, 0.5) is 5.95 Å². The Labute approximate surface area is 148 Å². The summed E-state index contributed by atoms with van der Waals surface area (Å²) in [5, 5.41) is 3.20. The van der Waals surface area contributed by atoms with Crippen LogP contribution in [-0.4, -0.2) is 38.3 Å². The first-order valence-corrected chi connectivity index (χ1v) is 8.97. The van der Waals surface area contributed by atoms with Crippen LogP contribution in [0.15, 0.2) is 30.6 Å². The molecule has 2 aromatic heterocycles. The average Bonchev–Trinajstić information content (AvgIpc) is 2.66. The van der Waals surface area contributed by atoms with E-state index in [-0.39, 0.29) is 5.91 Å². The van der Waals surface area contributed by atoms with Crippen LogP contribution in [0.1, 0.15) is 54.4 Å². The van der Waals surface area contributed by atoms with Gasteiger partial charge in [0.1, 0.15) is 5.69 Å². The standard InChI is InChI=1S/C19H25N5O/c1-3-16-6-4-5-11-24(16)18(25)17-12-14(2)22-19(23-17)21-13-15-7-9-20-10-8-15/h7-10,12,16H,3-6,11,13H2,1-2H3,(H,21,22,23). The van der Waals surface area contributed by atoms with E-state index in [0.29, 0.717) is 24.2 Å². The van der Waals surface area contributed by atoms with Crippen LogP contribution < -0.4 is 5.32 Å². The van der Waals surface area contributed by atoms with E-state index in [4.69, 9.17) is 0 Å². The molecule has 25 heavy (non-hydrogen) atoms. The first-order valence-electron chi connectivity index (χ1n) is 8.97. The highest BCUT2D eigenvalue weighted by Crippen LogP contribution is 2.21. The van der Waals surface area contributed by atoms with Gasteiger partial charge >= 0.3 is 0 Å². The summed E-state index contributed by atoms with van der Waals surface area (Å²) in [5.74, 6) is 0.509. The van der Waals surface area contributed by atoms with Crippen LogP contribution in [0.25, 0.3) is 0 Å². The molecule has 132 valence electrons. The number of anilines is 1. The summed E-state index contributed by atoms with van der Waals surface area (Å²) in [6, 6.07) is 5.98. The summed E-state index contributed by atoms with van der Waals surface area (Å²) in [5.41, 5.74) is 2.36. The topological polar surface area (TPSA) is 71.0 Å². The van der Waals surface area contributed by atoms with Crippen LogP contribution in [0, 0.1) is 6.92 Å². The average molecular weight is 339 g/mol. The zero-order valence-electron chi connectivity index (χ0n) is 14.9. The summed E-state index contributed by atoms with van der Waals surface area (Å²) in [4.78, 5) is 27.8. The Hall–Kier alpha value is -2.50. The van der Waals surface area contributed by atoms with Crippen molar-refractivity contribution in [3.63, 3.8) is 0 Å². The van der Waals surface area contributed by atoms with Crippen LogP contribution in [0.3, 0.4) is 0 Å². The van der Waals surface area contributed by atoms with Crippen molar-refractivity contribution in [2.45, 2.75) is 52.1 Å². The monoisotopic (exact) mass is 339 g/mol. The minimum absolute atomic E-state index is 0.0176. The quantitative estimate of drug-likeness (QED) is 0.906. The van der Waals surface area contributed by atoms with E-state index in [1.807, 2.05) is 24.0 Å². The number of aromatic nitrogens is 3. The Balaban J connectivity index is 1.75. The molecule has 0 aromatic carbocycles. The molecule has 1 aliphatic rings. The molecule has 0 aliphatic carbocycles. The van der Waals surface area contributed by atoms with Gasteiger partial charge in [-0.2, -0.15) is 0 Å². The van der Waals surface area contributed by atoms with E-state index in [9.17, 15) is 4.79 Å². The van der Waals surface area contributed by atoms with Gasteiger partial charge in [-0.15, -0.1) is 0 Å². The highest BCUT2D eigenvalue weighted by atomic mass is 16.2. The largest absolute Gasteiger partial charge is 0.350 e. The summed E-state index contributed by atoms with van der Waals surface area (Å²) in [6.45, 7) is 5.45. The molecule has 6 nitrogen and oxygen atoms in total. The van der Waals surface area contributed by atoms with E-state index >= 15 is 0 Å². The molecule has 3 rings (SSSR count). The van der Waals surface area contributed by atoms with Gasteiger partial charge in [0.25, 0.3) is 5.91 Å². The highest BCUT2D eigenvalue weighted by molar-refractivity contribution is 5.93. The lowest BCUT2D eigenvalue weighted by Crippen LogP contribution is -2.43. The Morgan fingerprint density at radius 3 is 2.84 bits per heavy atom. The van der Waals surface area contributed by atoms with Gasteiger partial charge in [-0.1, -0.05) is 6.92 Å². The molecule has 0 radical (unpaired) electrons. The van der Waals surface area contributed by atoms with Gasteiger partial charge in [-0.25, -0.2) is 9.97 Å². The van der Waals surface area contributed by atoms with Gasteiger partial charge in [0, 0.05) is 37.2 Å². The number of hydrogen-bond acceptors (Lipinski definition) is 5. The van der Waals surface area contributed by atoms with Gasteiger partial charge in [-0.05, 0) is 56.4 Å². The number of hydrogen-bond donors (Lipinski definition) is 1. The number of piperidine rings is 1. The lowest BCUT2D eigenvalue weighted by Gasteiger charge is -2.35. The maximum atomic E-state index is 12.9. The second kappa shape index (κ2) is 8.05. The molecule has 1 N–H and O–H groups in total. The fraction of sp³-hybridized carbons (Fsp3) is 0.474. The summed E-state index contributed by atoms with van der Waals surface area (Å²) < 4.78 is 0. The Morgan fingerprint density at radius 2 is 2.08 bits per heavy atom. The minimum atomic E-state index is 0.0176. The molecule has 1 atom stereocenters. The molecule has 6 heteroatoms. The fourth-order valence-corrected chi connectivity index (χ4v) is 3.28. The molecule has 1 fully saturated rings. The highest BCUT2D eigenvalue weighted by Gasteiger charge is 2.27. The molecule has 0 spiro atoms. The zero-order chi connectivity index (χ0) is 17.6. The zero-order valence-corrected chi connectivity index (χ0v) is 14.9. The van der Waals surface area contributed by atoms with Crippen LogP contribution in [0.2, 0.25) is 0 Å². The normalized spacial score (nSPS) is 17.4. The second-order valence-corrected chi connectivity index (χ2v) is 6.48.